The SMILES string of the molecule is C=C(C)C(=O)OCCCC(CCCC)C(F)(F)C(F)(F)F. The molecule has 0 aliphatic heterocycles. The number of esters is 1. The molecule has 0 aromatic rings. The second kappa shape index (κ2) is 8.34. The molecule has 0 rings (SSSR count). The van der Waals surface area contributed by atoms with Crippen molar-refractivity contribution in [1.82, 2.24) is 0 Å². The lowest BCUT2D eigenvalue weighted by molar-refractivity contribution is -0.304. The van der Waals surface area contributed by atoms with Gasteiger partial charge in [-0.05, 0) is 26.2 Å². The zero-order chi connectivity index (χ0) is 16.7. The maximum atomic E-state index is 13.4. The van der Waals surface area contributed by atoms with Crippen LogP contribution in [0.1, 0.15) is 46.0 Å². The first-order chi connectivity index (χ1) is 9.54. The maximum Gasteiger partial charge on any atom is 0.453 e. The predicted molar refractivity (Wildman–Crippen MR) is 69.0 cm³/mol. The van der Waals surface area contributed by atoms with Crippen molar-refractivity contribution in [3.05, 3.63) is 12.2 Å². The van der Waals surface area contributed by atoms with Crippen LogP contribution in [0.15, 0.2) is 12.2 Å². The van der Waals surface area contributed by atoms with Gasteiger partial charge in [0.15, 0.2) is 0 Å². The van der Waals surface area contributed by atoms with Crippen LogP contribution in [0.2, 0.25) is 0 Å². The molecule has 0 N–H and O–H groups in total. The number of rotatable bonds is 9. The molecule has 2 nitrogen and oxygen atoms in total. The van der Waals surface area contributed by atoms with Gasteiger partial charge in [-0.15, -0.1) is 0 Å². The zero-order valence-corrected chi connectivity index (χ0v) is 12.2. The summed E-state index contributed by atoms with van der Waals surface area (Å²) in [6.45, 7) is 6.29. The Morgan fingerprint density at radius 1 is 1.14 bits per heavy atom. The van der Waals surface area contributed by atoms with Crippen LogP contribution in [0.4, 0.5) is 22.0 Å². The van der Waals surface area contributed by atoms with Gasteiger partial charge in [0.05, 0.1) is 6.61 Å². The van der Waals surface area contributed by atoms with Gasteiger partial charge in [-0.25, -0.2) is 4.79 Å². The Balaban J connectivity index is 4.51. The highest BCUT2D eigenvalue weighted by atomic mass is 19.4. The van der Waals surface area contributed by atoms with Crippen molar-refractivity contribution in [2.45, 2.75) is 58.1 Å². The zero-order valence-electron chi connectivity index (χ0n) is 12.2. The smallest absolute Gasteiger partial charge is 0.453 e. The molecule has 0 aromatic carbocycles. The molecule has 0 saturated heterocycles. The fourth-order valence-corrected chi connectivity index (χ4v) is 1.81. The van der Waals surface area contributed by atoms with Gasteiger partial charge in [-0.1, -0.05) is 26.3 Å². The summed E-state index contributed by atoms with van der Waals surface area (Å²) < 4.78 is 68.7. The summed E-state index contributed by atoms with van der Waals surface area (Å²) >= 11 is 0. The third-order valence-corrected chi connectivity index (χ3v) is 3.08. The number of ether oxygens (including phenoxy) is 1. The molecular formula is C14H21F5O2. The van der Waals surface area contributed by atoms with E-state index in [-0.39, 0.29) is 31.4 Å². The summed E-state index contributed by atoms with van der Waals surface area (Å²) in [5.41, 5.74) is 0.151. The monoisotopic (exact) mass is 316 g/mol. The summed E-state index contributed by atoms with van der Waals surface area (Å²) in [6.07, 6.45) is -5.33. The van der Waals surface area contributed by atoms with Crippen molar-refractivity contribution >= 4 is 5.97 Å². The molecule has 1 atom stereocenters. The van der Waals surface area contributed by atoms with Crippen molar-refractivity contribution in [2.75, 3.05) is 6.61 Å². The van der Waals surface area contributed by atoms with E-state index < -0.39 is 24.0 Å². The number of hydrogen-bond acceptors (Lipinski definition) is 2. The highest BCUT2D eigenvalue weighted by Gasteiger charge is 2.61. The molecule has 0 heterocycles. The van der Waals surface area contributed by atoms with E-state index in [9.17, 15) is 26.7 Å². The third-order valence-electron chi connectivity index (χ3n) is 3.08. The minimum Gasteiger partial charge on any atom is -0.462 e. The van der Waals surface area contributed by atoms with E-state index in [1.165, 1.54) is 6.92 Å². The molecule has 0 radical (unpaired) electrons. The summed E-state index contributed by atoms with van der Waals surface area (Å²) in [7, 11) is 0. The van der Waals surface area contributed by atoms with E-state index >= 15 is 0 Å². The van der Waals surface area contributed by atoms with Gasteiger partial charge < -0.3 is 4.74 Å². The highest BCUT2D eigenvalue weighted by molar-refractivity contribution is 5.86. The number of halogens is 5. The fourth-order valence-electron chi connectivity index (χ4n) is 1.81. The van der Waals surface area contributed by atoms with Crippen molar-refractivity contribution in [3.63, 3.8) is 0 Å². The van der Waals surface area contributed by atoms with Crippen LogP contribution < -0.4 is 0 Å². The van der Waals surface area contributed by atoms with E-state index in [1.54, 1.807) is 6.92 Å². The van der Waals surface area contributed by atoms with Crippen molar-refractivity contribution in [1.29, 1.82) is 0 Å². The van der Waals surface area contributed by atoms with Gasteiger partial charge in [0.25, 0.3) is 0 Å². The lowest BCUT2D eigenvalue weighted by atomic mass is 9.90. The normalized spacial score (nSPS) is 13.9. The van der Waals surface area contributed by atoms with Gasteiger partial charge in [0.2, 0.25) is 0 Å². The lowest BCUT2D eigenvalue weighted by Crippen LogP contribution is -2.43. The van der Waals surface area contributed by atoms with E-state index in [1.807, 2.05) is 0 Å². The predicted octanol–water partition coefficient (Wildman–Crippen LogP) is 4.89. The first-order valence-corrected chi connectivity index (χ1v) is 6.81. The standard InChI is InChI=1S/C14H21F5O2/c1-4-5-7-11(13(15,16)14(17,18)19)8-6-9-21-12(20)10(2)3/h11H,2,4-9H2,1,3H3. The molecule has 1 unspecified atom stereocenters. The van der Waals surface area contributed by atoms with Crippen LogP contribution in [0.25, 0.3) is 0 Å². The molecule has 0 saturated carbocycles. The molecule has 0 bridgehead atoms. The number of unbranched alkanes of at least 4 members (excludes halogenated alkanes) is 1. The van der Waals surface area contributed by atoms with Gasteiger partial charge in [0, 0.05) is 11.5 Å². The third kappa shape index (κ3) is 6.44. The van der Waals surface area contributed by atoms with Crippen molar-refractivity contribution < 1.29 is 31.5 Å². The first kappa shape index (κ1) is 19.9. The Bertz CT molecular complexity index is 350. The quantitative estimate of drug-likeness (QED) is 0.262. The molecule has 0 fully saturated rings. The Kier molecular flexibility index (Phi) is 7.89. The van der Waals surface area contributed by atoms with Crippen molar-refractivity contribution in [2.24, 2.45) is 5.92 Å². The Morgan fingerprint density at radius 2 is 1.67 bits per heavy atom. The van der Waals surface area contributed by atoms with E-state index in [0.717, 1.165) is 0 Å². The van der Waals surface area contributed by atoms with Gasteiger partial charge in [0.1, 0.15) is 0 Å². The summed E-state index contributed by atoms with van der Waals surface area (Å²) in [4.78, 5) is 11.1. The molecule has 0 aromatic heterocycles. The Labute approximate surface area is 121 Å². The van der Waals surface area contributed by atoms with Gasteiger partial charge in [-0.3, -0.25) is 0 Å². The molecule has 7 heteroatoms. The molecule has 0 amide bonds. The molecule has 0 spiro atoms. The maximum absolute atomic E-state index is 13.4. The number of carbonyl (C=O) groups is 1. The van der Waals surface area contributed by atoms with Crippen LogP contribution in [0, 0.1) is 5.92 Å². The topological polar surface area (TPSA) is 26.3 Å². The largest absolute Gasteiger partial charge is 0.462 e. The summed E-state index contributed by atoms with van der Waals surface area (Å²) in [5, 5.41) is 0. The van der Waals surface area contributed by atoms with Crippen LogP contribution in [-0.4, -0.2) is 24.7 Å². The van der Waals surface area contributed by atoms with E-state index in [4.69, 9.17) is 4.74 Å². The van der Waals surface area contributed by atoms with E-state index in [2.05, 4.69) is 6.58 Å². The van der Waals surface area contributed by atoms with E-state index in [0.29, 0.717) is 12.8 Å². The second-order valence-electron chi connectivity index (χ2n) is 5.02. The van der Waals surface area contributed by atoms with Crippen LogP contribution in [0.5, 0.6) is 0 Å². The molecule has 0 aliphatic rings. The highest BCUT2D eigenvalue weighted by Crippen LogP contribution is 2.44. The average molecular weight is 316 g/mol. The summed E-state index contributed by atoms with van der Waals surface area (Å²) in [6, 6.07) is 0. The molecule has 0 aliphatic carbocycles. The van der Waals surface area contributed by atoms with Crippen LogP contribution in [-0.2, 0) is 9.53 Å². The first-order valence-electron chi connectivity index (χ1n) is 6.81. The Morgan fingerprint density at radius 3 is 2.10 bits per heavy atom. The molecule has 124 valence electrons. The average Bonchev–Trinajstić information content (AvgIpc) is 2.35. The molecular weight excluding hydrogens is 295 g/mol. The molecule has 21 heavy (non-hydrogen) atoms. The fraction of sp³-hybridized carbons (Fsp3) is 0.786. The number of carbonyl (C=O) groups excluding carboxylic acids is 1. The number of hydrogen-bond donors (Lipinski definition) is 0. The van der Waals surface area contributed by atoms with Gasteiger partial charge >= 0.3 is 18.1 Å². The lowest BCUT2D eigenvalue weighted by Gasteiger charge is -2.28. The number of alkyl halides is 5. The van der Waals surface area contributed by atoms with Gasteiger partial charge in [-0.2, -0.15) is 22.0 Å². The summed E-state index contributed by atoms with van der Waals surface area (Å²) in [5.74, 6) is -7.19. The van der Waals surface area contributed by atoms with Crippen LogP contribution >= 0.6 is 0 Å². The Hall–Kier alpha value is -1.14. The van der Waals surface area contributed by atoms with Crippen molar-refractivity contribution in [3.8, 4) is 0 Å². The minimum absolute atomic E-state index is 0.0426. The second-order valence-corrected chi connectivity index (χ2v) is 5.02. The minimum atomic E-state index is -5.56. The van der Waals surface area contributed by atoms with Crippen LogP contribution in [0.3, 0.4) is 0 Å².